The van der Waals surface area contributed by atoms with Crippen LogP contribution in [0, 0.1) is 5.92 Å². The molecule has 3 atom stereocenters. The fourth-order valence-electron chi connectivity index (χ4n) is 4.31. The van der Waals surface area contributed by atoms with Crippen LogP contribution in [0.2, 0.25) is 0 Å². The first-order valence-corrected chi connectivity index (χ1v) is 9.88. The number of rotatable bonds is 5. The van der Waals surface area contributed by atoms with E-state index < -0.39 is 0 Å². The highest BCUT2D eigenvalue weighted by Crippen LogP contribution is 2.34. The zero-order chi connectivity index (χ0) is 18.1. The van der Waals surface area contributed by atoms with Crippen molar-refractivity contribution in [1.82, 2.24) is 20.4 Å². The van der Waals surface area contributed by atoms with Gasteiger partial charge in [0.25, 0.3) is 0 Å². The van der Waals surface area contributed by atoms with Gasteiger partial charge in [-0.1, -0.05) is 6.92 Å². The highest BCUT2D eigenvalue weighted by atomic mass is 16.5. The van der Waals surface area contributed by atoms with Gasteiger partial charge in [0.2, 0.25) is 0 Å². The topological polar surface area (TPSA) is 52.1 Å². The van der Waals surface area contributed by atoms with E-state index in [-0.39, 0.29) is 6.17 Å². The van der Waals surface area contributed by atoms with Gasteiger partial charge in [0.1, 0.15) is 12.3 Å². The Morgan fingerprint density at radius 1 is 1.35 bits per heavy atom. The van der Waals surface area contributed by atoms with Crippen molar-refractivity contribution in [1.29, 1.82) is 0 Å². The summed E-state index contributed by atoms with van der Waals surface area (Å²) in [5.41, 5.74) is 3.93. The minimum Gasteiger partial charge on any atom is -0.493 e. The van der Waals surface area contributed by atoms with Crippen molar-refractivity contribution in [3.63, 3.8) is 0 Å². The second-order valence-electron chi connectivity index (χ2n) is 7.73. The van der Waals surface area contributed by atoms with E-state index in [2.05, 4.69) is 53.6 Å². The average Bonchev–Trinajstić information content (AvgIpc) is 3.31. The number of hydrogen-bond acceptors (Lipinski definition) is 6. The summed E-state index contributed by atoms with van der Waals surface area (Å²) in [5, 5.41) is 6.77. The largest absolute Gasteiger partial charge is 0.493 e. The minimum absolute atomic E-state index is 0.173. The van der Waals surface area contributed by atoms with Crippen LogP contribution in [0.15, 0.2) is 40.0 Å². The first kappa shape index (κ1) is 17.5. The maximum absolute atomic E-state index is 6.21. The molecule has 0 amide bonds. The van der Waals surface area contributed by atoms with Crippen LogP contribution >= 0.6 is 0 Å². The lowest BCUT2D eigenvalue weighted by Crippen LogP contribution is -2.36. The van der Waals surface area contributed by atoms with Crippen LogP contribution in [0.25, 0.3) is 0 Å². The summed E-state index contributed by atoms with van der Waals surface area (Å²) in [6, 6.07) is 0. The lowest BCUT2D eigenvalue weighted by Gasteiger charge is -2.37. The third kappa shape index (κ3) is 3.34. The van der Waals surface area contributed by atoms with Gasteiger partial charge < -0.3 is 25.2 Å². The number of allylic oxidation sites excluding steroid dienone is 5. The van der Waals surface area contributed by atoms with Gasteiger partial charge in [-0.05, 0) is 31.5 Å². The minimum atomic E-state index is 0.173. The third-order valence-corrected chi connectivity index (χ3v) is 6.02. The fraction of sp³-hybridized carbons (Fsp3) is 0.650. The van der Waals surface area contributed by atoms with Crippen LogP contribution in [0.3, 0.4) is 0 Å². The maximum Gasteiger partial charge on any atom is 0.126 e. The van der Waals surface area contributed by atoms with Gasteiger partial charge in [-0.15, -0.1) is 0 Å². The molecule has 4 rings (SSSR count). The molecule has 0 radical (unpaired) electrons. The molecule has 0 bridgehead atoms. The molecule has 0 aromatic carbocycles. The Bertz CT molecular complexity index is 659. The Labute approximate surface area is 156 Å². The van der Waals surface area contributed by atoms with Crippen LogP contribution < -0.4 is 10.6 Å². The van der Waals surface area contributed by atoms with Gasteiger partial charge in [-0.3, -0.25) is 4.99 Å². The predicted octanol–water partition coefficient (Wildman–Crippen LogP) is 2.00. The van der Waals surface area contributed by atoms with Gasteiger partial charge in [0, 0.05) is 57.0 Å². The molecular weight excluding hydrogens is 326 g/mol. The normalized spacial score (nSPS) is 30.7. The van der Waals surface area contributed by atoms with Gasteiger partial charge in [0.05, 0.1) is 18.1 Å². The molecular formula is C20H31N5O. The molecule has 6 heteroatoms. The molecule has 3 heterocycles. The standard InChI is InChI=1S/C20H31N5O/c1-4-14-9-15(26-16-7-8-21-11-16)5-6-18(14)25(3)20-10-19-17(12-22-20)23-13-24(19)2/h5-6,12,14,16,20-21,23H,4,7-11,13H2,1-3H3/t14-,16?,20+/m0/s1. The molecule has 1 saturated heterocycles. The summed E-state index contributed by atoms with van der Waals surface area (Å²) in [7, 11) is 4.33. The van der Waals surface area contributed by atoms with Crippen molar-refractivity contribution in [3.8, 4) is 0 Å². The molecule has 1 aliphatic carbocycles. The van der Waals surface area contributed by atoms with E-state index in [1.807, 2.05) is 6.21 Å². The van der Waals surface area contributed by atoms with Gasteiger partial charge >= 0.3 is 0 Å². The molecule has 142 valence electrons. The number of nitrogens with one attached hydrogen (secondary N) is 2. The molecule has 4 aliphatic rings. The highest BCUT2D eigenvalue weighted by molar-refractivity contribution is 5.80. The lowest BCUT2D eigenvalue weighted by molar-refractivity contribution is 0.115. The van der Waals surface area contributed by atoms with Gasteiger partial charge in [-0.25, -0.2) is 0 Å². The summed E-state index contributed by atoms with van der Waals surface area (Å²) in [6.07, 6.45) is 11.1. The molecule has 6 nitrogen and oxygen atoms in total. The third-order valence-electron chi connectivity index (χ3n) is 6.02. The summed E-state index contributed by atoms with van der Waals surface area (Å²) in [5.74, 6) is 1.64. The van der Waals surface area contributed by atoms with Crippen molar-refractivity contribution in [2.75, 3.05) is 33.9 Å². The summed E-state index contributed by atoms with van der Waals surface area (Å²) in [4.78, 5) is 9.46. The molecule has 0 saturated carbocycles. The highest BCUT2D eigenvalue weighted by Gasteiger charge is 2.31. The Morgan fingerprint density at radius 3 is 3.00 bits per heavy atom. The van der Waals surface area contributed by atoms with Crippen LogP contribution in [-0.4, -0.2) is 62.1 Å². The van der Waals surface area contributed by atoms with E-state index in [1.165, 1.54) is 17.1 Å². The summed E-state index contributed by atoms with van der Waals surface area (Å²) >= 11 is 0. The summed E-state index contributed by atoms with van der Waals surface area (Å²) in [6.45, 7) is 5.19. The van der Waals surface area contributed by atoms with Gasteiger partial charge in [0.15, 0.2) is 0 Å². The van der Waals surface area contributed by atoms with Crippen molar-refractivity contribution in [2.45, 2.75) is 44.9 Å². The molecule has 0 aromatic heterocycles. The van der Waals surface area contributed by atoms with E-state index in [4.69, 9.17) is 9.73 Å². The second kappa shape index (κ2) is 7.35. The fourth-order valence-corrected chi connectivity index (χ4v) is 4.31. The first-order chi connectivity index (χ1) is 12.7. The van der Waals surface area contributed by atoms with E-state index in [9.17, 15) is 0 Å². The number of hydrogen-bond donors (Lipinski definition) is 2. The first-order valence-electron chi connectivity index (χ1n) is 9.88. The Balaban J connectivity index is 1.46. The number of dihydropyridines is 1. The zero-order valence-electron chi connectivity index (χ0n) is 16.2. The number of aliphatic imine (C=N–C) groups is 1. The number of nitrogens with zero attached hydrogens (tertiary/aromatic N) is 3. The van der Waals surface area contributed by atoms with Crippen molar-refractivity contribution < 1.29 is 4.74 Å². The van der Waals surface area contributed by atoms with E-state index in [0.717, 1.165) is 51.2 Å². The second-order valence-corrected chi connectivity index (χ2v) is 7.73. The molecule has 26 heavy (non-hydrogen) atoms. The Kier molecular flexibility index (Phi) is 4.94. The van der Waals surface area contributed by atoms with Crippen LogP contribution in [0.5, 0.6) is 0 Å². The molecule has 3 aliphatic heterocycles. The molecule has 2 N–H and O–H groups in total. The smallest absolute Gasteiger partial charge is 0.126 e. The maximum atomic E-state index is 6.21. The Hall–Kier alpha value is -1.95. The molecule has 1 unspecified atom stereocenters. The quantitative estimate of drug-likeness (QED) is 0.788. The lowest BCUT2D eigenvalue weighted by atomic mass is 9.91. The Morgan fingerprint density at radius 2 is 2.23 bits per heavy atom. The van der Waals surface area contributed by atoms with Crippen LogP contribution in [-0.2, 0) is 4.74 Å². The average molecular weight is 358 g/mol. The molecule has 0 aromatic rings. The predicted molar refractivity (Wildman–Crippen MR) is 104 cm³/mol. The van der Waals surface area contributed by atoms with Crippen molar-refractivity contribution >= 4 is 6.21 Å². The van der Waals surface area contributed by atoms with E-state index >= 15 is 0 Å². The van der Waals surface area contributed by atoms with Crippen LogP contribution in [0.4, 0.5) is 0 Å². The van der Waals surface area contributed by atoms with Crippen molar-refractivity contribution in [3.05, 3.63) is 35.0 Å². The van der Waals surface area contributed by atoms with Crippen molar-refractivity contribution in [2.24, 2.45) is 10.9 Å². The molecule has 1 fully saturated rings. The number of ether oxygens (including phenoxy) is 1. The monoisotopic (exact) mass is 357 g/mol. The zero-order valence-corrected chi connectivity index (χ0v) is 16.2. The summed E-state index contributed by atoms with van der Waals surface area (Å²) < 4.78 is 6.21. The van der Waals surface area contributed by atoms with E-state index in [1.54, 1.807) is 0 Å². The molecule has 0 spiro atoms. The van der Waals surface area contributed by atoms with Gasteiger partial charge in [-0.2, -0.15) is 0 Å². The SMILES string of the molecule is CC[C@H]1CC(OC2CCNC2)=CC=C1N(C)[C@@H]1CC2=C(C=N1)NCN2C. The van der Waals surface area contributed by atoms with Crippen LogP contribution in [0.1, 0.15) is 32.6 Å². The van der Waals surface area contributed by atoms with E-state index in [0.29, 0.717) is 12.0 Å².